The Kier molecular flexibility index (Phi) is 5.84. The standard InChI is InChI=1S/C21H22F2N4O/c1-26-20(4-5-24)14-2-3-19-15(9-14)12-27(21(19)28)18(11-25)8-13-6-16(22)10-17(23)7-13/h2-7,9-10,18H,8,11-12,24-25H2,1H3/b5-4-,26-20?. The van der Waals surface area contributed by atoms with Crippen molar-refractivity contribution in [2.45, 2.75) is 19.0 Å². The van der Waals surface area contributed by atoms with Crippen molar-refractivity contribution >= 4 is 11.6 Å². The predicted octanol–water partition coefficient (Wildman–Crippen LogP) is 2.38. The summed E-state index contributed by atoms with van der Waals surface area (Å²) in [6.45, 7) is 0.563. The van der Waals surface area contributed by atoms with Crippen LogP contribution in [0.15, 0.2) is 53.7 Å². The number of carbonyl (C=O) groups is 1. The van der Waals surface area contributed by atoms with Gasteiger partial charge in [0.1, 0.15) is 11.6 Å². The highest BCUT2D eigenvalue weighted by atomic mass is 19.1. The molecule has 3 rings (SSSR count). The van der Waals surface area contributed by atoms with Crippen molar-refractivity contribution in [2.75, 3.05) is 13.6 Å². The van der Waals surface area contributed by atoms with Crippen LogP contribution < -0.4 is 11.5 Å². The van der Waals surface area contributed by atoms with Crippen LogP contribution in [0.4, 0.5) is 8.78 Å². The van der Waals surface area contributed by atoms with E-state index in [0.29, 0.717) is 23.4 Å². The molecule has 7 heteroatoms. The first-order chi connectivity index (χ1) is 13.5. The second-order valence-electron chi connectivity index (χ2n) is 6.64. The van der Waals surface area contributed by atoms with E-state index in [1.807, 2.05) is 12.1 Å². The molecule has 1 amide bonds. The minimum absolute atomic E-state index is 0.141. The lowest BCUT2D eigenvalue weighted by Crippen LogP contribution is -2.42. The molecule has 4 N–H and O–H groups in total. The van der Waals surface area contributed by atoms with Gasteiger partial charge in [-0.05, 0) is 54.1 Å². The average molecular weight is 384 g/mol. The summed E-state index contributed by atoms with van der Waals surface area (Å²) in [7, 11) is 1.67. The first kappa shape index (κ1) is 19.7. The highest BCUT2D eigenvalue weighted by Gasteiger charge is 2.32. The summed E-state index contributed by atoms with van der Waals surface area (Å²) >= 11 is 0. The van der Waals surface area contributed by atoms with E-state index in [1.165, 1.54) is 18.3 Å². The monoisotopic (exact) mass is 384 g/mol. The molecule has 1 atom stereocenters. The van der Waals surface area contributed by atoms with Gasteiger partial charge in [0.25, 0.3) is 5.91 Å². The number of fused-ring (bicyclic) bond motifs is 1. The highest BCUT2D eigenvalue weighted by molar-refractivity contribution is 6.09. The number of nitrogens with zero attached hydrogens (tertiary/aromatic N) is 2. The van der Waals surface area contributed by atoms with Gasteiger partial charge in [0.15, 0.2) is 0 Å². The third kappa shape index (κ3) is 3.94. The number of halogens is 2. The van der Waals surface area contributed by atoms with Gasteiger partial charge in [-0.15, -0.1) is 0 Å². The van der Waals surface area contributed by atoms with Gasteiger partial charge in [-0.25, -0.2) is 8.78 Å². The van der Waals surface area contributed by atoms with E-state index in [2.05, 4.69) is 4.99 Å². The summed E-state index contributed by atoms with van der Waals surface area (Å²) in [6.07, 6.45) is 3.38. The quantitative estimate of drug-likeness (QED) is 0.750. The van der Waals surface area contributed by atoms with Crippen LogP contribution in [0.3, 0.4) is 0 Å². The van der Waals surface area contributed by atoms with Gasteiger partial charge in [0.2, 0.25) is 0 Å². The molecule has 0 saturated heterocycles. The minimum atomic E-state index is -0.647. The molecular weight excluding hydrogens is 362 g/mol. The summed E-state index contributed by atoms with van der Waals surface area (Å²) < 4.78 is 27.0. The van der Waals surface area contributed by atoms with E-state index in [-0.39, 0.29) is 24.9 Å². The first-order valence-electron chi connectivity index (χ1n) is 8.91. The molecular formula is C21H22F2N4O. The number of hydrogen-bond donors (Lipinski definition) is 2. The molecule has 2 aromatic rings. The molecule has 1 aliphatic heterocycles. The summed E-state index contributed by atoms with van der Waals surface area (Å²) in [4.78, 5) is 18.7. The van der Waals surface area contributed by atoms with Crippen LogP contribution in [0.5, 0.6) is 0 Å². The largest absolute Gasteiger partial charge is 0.405 e. The third-order valence-electron chi connectivity index (χ3n) is 4.83. The fourth-order valence-corrected chi connectivity index (χ4v) is 3.51. The fraction of sp³-hybridized carbons (Fsp3) is 0.238. The van der Waals surface area contributed by atoms with Crippen LogP contribution >= 0.6 is 0 Å². The number of allylic oxidation sites excluding steroid dienone is 1. The molecule has 2 aromatic carbocycles. The SMILES string of the molecule is CN=C(/C=C\N)c1ccc2c(c1)CN(C(CN)Cc1cc(F)cc(F)c1)C2=O. The number of aliphatic imine (C=N–C) groups is 1. The number of rotatable bonds is 6. The number of nitrogens with two attached hydrogens (primary N) is 2. The highest BCUT2D eigenvalue weighted by Crippen LogP contribution is 2.27. The van der Waals surface area contributed by atoms with Crippen molar-refractivity contribution in [1.29, 1.82) is 0 Å². The lowest BCUT2D eigenvalue weighted by atomic mass is 10.0. The maximum absolute atomic E-state index is 13.5. The Morgan fingerprint density at radius 1 is 1.25 bits per heavy atom. The predicted molar refractivity (Wildman–Crippen MR) is 105 cm³/mol. The van der Waals surface area contributed by atoms with Gasteiger partial charge in [-0.2, -0.15) is 0 Å². The third-order valence-corrected chi connectivity index (χ3v) is 4.83. The van der Waals surface area contributed by atoms with Crippen molar-refractivity contribution in [3.05, 3.63) is 82.6 Å². The second kappa shape index (κ2) is 8.31. The van der Waals surface area contributed by atoms with Crippen LogP contribution in [0.1, 0.15) is 27.0 Å². The van der Waals surface area contributed by atoms with Crippen molar-refractivity contribution in [2.24, 2.45) is 16.5 Å². The topological polar surface area (TPSA) is 84.7 Å². The molecule has 0 saturated carbocycles. The molecule has 0 spiro atoms. The summed E-state index contributed by atoms with van der Waals surface area (Å²) in [5.74, 6) is -1.44. The Labute approximate surface area is 162 Å². The molecule has 0 fully saturated rings. The Balaban J connectivity index is 1.85. The van der Waals surface area contributed by atoms with E-state index in [1.54, 1.807) is 24.1 Å². The molecule has 5 nitrogen and oxygen atoms in total. The van der Waals surface area contributed by atoms with Crippen molar-refractivity contribution < 1.29 is 13.6 Å². The summed E-state index contributed by atoms with van der Waals surface area (Å²) in [6, 6.07) is 8.47. The Hall–Kier alpha value is -3.06. The molecule has 1 unspecified atom stereocenters. The van der Waals surface area contributed by atoms with E-state index >= 15 is 0 Å². The van der Waals surface area contributed by atoms with Crippen LogP contribution in [-0.2, 0) is 13.0 Å². The maximum Gasteiger partial charge on any atom is 0.254 e. The van der Waals surface area contributed by atoms with Gasteiger partial charge < -0.3 is 16.4 Å². The number of amides is 1. The van der Waals surface area contributed by atoms with Gasteiger partial charge in [0, 0.05) is 43.4 Å². The van der Waals surface area contributed by atoms with Crippen LogP contribution in [0, 0.1) is 11.6 Å². The molecule has 0 aliphatic carbocycles. The first-order valence-corrected chi connectivity index (χ1v) is 8.91. The molecule has 1 heterocycles. The lowest BCUT2D eigenvalue weighted by Gasteiger charge is -2.26. The number of carbonyl (C=O) groups excluding carboxylic acids is 1. The smallest absolute Gasteiger partial charge is 0.254 e. The van der Waals surface area contributed by atoms with E-state index < -0.39 is 11.6 Å². The van der Waals surface area contributed by atoms with Crippen LogP contribution in [0.25, 0.3) is 0 Å². The molecule has 0 radical (unpaired) electrons. The maximum atomic E-state index is 13.5. The van der Waals surface area contributed by atoms with E-state index in [0.717, 1.165) is 17.2 Å². The second-order valence-corrected chi connectivity index (χ2v) is 6.64. The number of hydrogen-bond acceptors (Lipinski definition) is 4. The Bertz CT molecular complexity index is 935. The van der Waals surface area contributed by atoms with E-state index in [4.69, 9.17) is 11.5 Å². The molecule has 146 valence electrons. The lowest BCUT2D eigenvalue weighted by molar-refractivity contribution is 0.0708. The van der Waals surface area contributed by atoms with Crippen LogP contribution in [0.2, 0.25) is 0 Å². The summed E-state index contributed by atoms with van der Waals surface area (Å²) in [5, 5.41) is 0. The van der Waals surface area contributed by atoms with Crippen molar-refractivity contribution in [1.82, 2.24) is 4.90 Å². The summed E-state index contributed by atoms with van der Waals surface area (Å²) in [5.41, 5.74) is 14.8. The zero-order valence-electron chi connectivity index (χ0n) is 15.5. The van der Waals surface area contributed by atoms with Crippen LogP contribution in [-0.4, -0.2) is 36.2 Å². The minimum Gasteiger partial charge on any atom is -0.405 e. The van der Waals surface area contributed by atoms with Gasteiger partial charge in [-0.3, -0.25) is 9.79 Å². The van der Waals surface area contributed by atoms with Gasteiger partial charge in [-0.1, -0.05) is 6.07 Å². The van der Waals surface area contributed by atoms with Gasteiger partial charge >= 0.3 is 0 Å². The van der Waals surface area contributed by atoms with Crippen molar-refractivity contribution in [3.63, 3.8) is 0 Å². The molecule has 1 aliphatic rings. The van der Waals surface area contributed by atoms with Gasteiger partial charge in [0.05, 0.1) is 5.71 Å². The zero-order valence-corrected chi connectivity index (χ0v) is 15.5. The normalized spacial score (nSPS) is 15.4. The molecule has 0 aromatic heterocycles. The average Bonchev–Trinajstić information content (AvgIpc) is 2.99. The Morgan fingerprint density at radius 3 is 2.57 bits per heavy atom. The fourth-order valence-electron chi connectivity index (χ4n) is 3.51. The zero-order chi connectivity index (χ0) is 20.3. The van der Waals surface area contributed by atoms with E-state index in [9.17, 15) is 13.6 Å². The van der Waals surface area contributed by atoms with Crippen molar-refractivity contribution in [3.8, 4) is 0 Å². The molecule has 28 heavy (non-hydrogen) atoms. The molecule has 0 bridgehead atoms. The number of benzene rings is 2. The Morgan fingerprint density at radius 2 is 1.96 bits per heavy atom.